The monoisotopic (exact) mass is 468 g/mol. The maximum Gasteiger partial charge on any atom is 0.244 e. The Labute approximate surface area is 196 Å². The van der Waals surface area contributed by atoms with E-state index in [9.17, 15) is 9.59 Å². The summed E-state index contributed by atoms with van der Waals surface area (Å²) in [6.07, 6.45) is 4.56. The van der Waals surface area contributed by atoms with E-state index >= 15 is 0 Å². The van der Waals surface area contributed by atoms with Crippen molar-refractivity contribution in [2.75, 3.05) is 36.8 Å². The predicted octanol–water partition coefficient (Wildman–Crippen LogP) is 3.18. The molecule has 10 heteroatoms. The Kier molecular flexibility index (Phi) is 8.84. The van der Waals surface area contributed by atoms with E-state index in [1.807, 2.05) is 12.1 Å². The van der Waals surface area contributed by atoms with Gasteiger partial charge in [0.2, 0.25) is 11.8 Å². The molecule has 0 saturated carbocycles. The Bertz CT molecular complexity index is 1080. The van der Waals surface area contributed by atoms with Gasteiger partial charge in [-0.05, 0) is 42.5 Å². The largest absolute Gasteiger partial charge is 0.465 e. The lowest BCUT2D eigenvalue weighted by Crippen LogP contribution is -2.27. The molecule has 1 aromatic carbocycles. The van der Waals surface area contributed by atoms with Gasteiger partial charge in [-0.25, -0.2) is 9.97 Å². The third-order valence-corrected chi connectivity index (χ3v) is 4.56. The van der Waals surface area contributed by atoms with Gasteiger partial charge in [0, 0.05) is 55.8 Å². The molecule has 2 amide bonds. The normalized spacial score (nSPS) is 10.7. The summed E-state index contributed by atoms with van der Waals surface area (Å²) in [6, 6.07) is 12.5. The van der Waals surface area contributed by atoms with Crippen LogP contribution in [0.1, 0.15) is 12.7 Å². The number of nitrogens with one attached hydrogen (secondary N) is 4. The van der Waals surface area contributed by atoms with Gasteiger partial charge in [-0.3, -0.25) is 9.59 Å². The van der Waals surface area contributed by atoms with Crippen molar-refractivity contribution in [3.8, 4) is 11.4 Å². The average Bonchev–Trinajstić information content (AvgIpc) is 3.32. The molecule has 0 bridgehead atoms. The van der Waals surface area contributed by atoms with Gasteiger partial charge < -0.3 is 25.7 Å². The summed E-state index contributed by atoms with van der Waals surface area (Å²) in [7, 11) is 0. The van der Waals surface area contributed by atoms with Crippen LogP contribution in [0.2, 0.25) is 5.02 Å². The number of hydrogen-bond acceptors (Lipinski definition) is 7. The quantitative estimate of drug-likeness (QED) is 0.252. The van der Waals surface area contributed by atoms with Gasteiger partial charge in [0.15, 0.2) is 5.82 Å². The number of carbonyl (C=O) groups excluding carboxylic acids is 2. The predicted molar refractivity (Wildman–Crippen MR) is 129 cm³/mol. The highest BCUT2D eigenvalue weighted by molar-refractivity contribution is 6.30. The van der Waals surface area contributed by atoms with E-state index in [1.165, 1.54) is 13.0 Å². The van der Waals surface area contributed by atoms with Crippen LogP contribution >= 0.6 is 11.6 Å². The highest BCUT2D eigenvalue weighted by atomic mass is 35.5. The molecular weight excluding hydrogens is 444 g/mol. The van der Waals surface area contributed by atoms with E-state index in [2.05, 4.69) is 31.2 Å². The number of anilines is 2. The van der Waals surface area contributed by atoms with E-state index < -0.39 is 0 Å². The summed E-state index contributed by atoms with van der Waals surface area (Å²) in [6.45, 7) is 3.30. The average molecular weight is 469 g/mol. The maximum atomic E-state index is 11.9. The molecule has 0 saturated heterocycles. The molecule has 172 valence electrons. The number of furan rings is 1. The van der Waals surface area contributed by atoms with Crippen molar-refractivity contribution in [1.29, 1.82) is 0 Å². The topological polar surface area (TPSA) is 121 Å². The third-order valence-electron chi connectivity index (χ3n) is 4.31. The number of rotatable bonds is 11. The van der Waals surface area contributed by atoms with Crippen LogP contribution in [0.4, 0.5) is 11.6 Å². The molecule has 0 fully saturated rings. The molecule has 9 nitrogen and oxygen atoms in total. The van der Waals surface area contributed by atoms with Gasteiger partial charge >= 0.3 is 0 Å². The second kappa shape index (κ2) is 12.3. The number of nitrogens with zero attached hydrogens (tertiary/aromatic N) is 2. The van der Waals surface area contributed by atoms with E-state index in [1.54, 1.807) is 42.7 Å². The Balaban J connectivity index is 1.59. The molecule has 0 aliphatic rings. The summed E-state index contributed by atoms with van der Waals surface area (Å²) < 4.78 is 5.15. The van der Waals surface area contributed by atoms with Crippen molar-refractivity contribution in [2.24, 2.45) is 0 Å². The molecule has 0 unspecified atom stereocenters. The summed E-state index contributed by atoms with van der Waals surface area (Å²) in [5.41, 5.74) is 0.810. The number of amides is 2. The van der Waals surface area contributed by atoms with Crippen LogP contribution in [0.25, 0.3) is 17.5 Å². The van der Waals surface area contributed by atoms with Gasteiger partial charge in [-0.2, -0.15) is 0 Å². The Hall–Kier alpha value is -3.85. The molecule has 3 rings (SSSR count). The smallest absolute Gasteiger partial charge is 0.244 e. The lowest BCUT2D eigenvalue weighted by Gasteiger charge is -2.12. The first-order valence-corrected chi connectivity index (χ1v) is 10.7. The lowest BCUT2D eigenvalue weighted by molar-refractivity contribution is -0.119. The van der Waals surface area contributed by atoms with E-state index in [0.29, 0.717) is 54.4 Å². The first-order valence-electron chi connectivity index (χ1n) is 10.4. The number of aromatic nitrogens is 2. The molecule has 0 spiro atoms. The first kappa shape index (κ1) is 23.8. The van der Waals surface area contributed by atoms with E-state index in [-0.39, 0.29) is 11.8 Å². The van der Waals surface area contributed by atoms with Crippen molar-refractivity contribution in [3.63, 3.8) is 0 Å². The van der Waals surface area contributed by atoms with Gasteiger partial charge in [0.05, 0.1) is 6.26 Å². The second-order valence-electron chi connectivity index (χ2n) is 6.95. The van der Waals surface area contributed by atoms with Crippen LogP contribution in [0.15, 0.2) is 59.2 Å². The Morgan fingerprint density at radius 3 is 2.24 bits per heavy atom. The lowest BCUT2D eigenvalue weighted by atomic mass is 10.2. The molecule has 0 aliphatic heterocycles. The number of hydrogen-bond donors (Lipinski definition) is 4. The van der Waals surface area contributed by atoms with Crippen molar-refractivity contribution < 1.29 is 14.0 Å². The third kappa shape index (κ3) is 8.30. The van der Waals surface area contributed by atoms with Gasteiger partial charge in [0.25, 0.3) is 0 Å². The summed E-state index contributed by atoms with van der Waals surface area (Å²) in [4.78, 5) is 32.1. The zero-order chi connectivity index (χ0) is 23.5. The second-order valence-corrected chi connectivity index (χ2v) is 7.38. The molecule has 2 heterocycles. The number of benzene rings is 1. The molecule has 0 radical (unpaired) electrons. The summed E-state index contributed by atoms with van der Waals surface area (Å²) in [5.74, 6) is 2.01. The molecule has 33 heavy (non-hydrogen) atoms. The molecule has 4 N–H and O–H groups in total. The summed E-state index contributed by atoms with van der Waals surface area (Å²) >= 11 is 5.99. The Morgan fingerprint density at radius 2 is 1.64 bits per heavy atom. The molecule has 2 aromatic heterocycles. The Morgan fingerprint density at radius 1 is 0.970 bits per heavy atom. The summed E-state index contributed by atoms with van der Waals surface area (Å²) in [5, 5.41) is 12.5. The van der Waals surface area contributed by atoms with Crippen molar-refractivity contribution in [3.05, 3.63) is 65.6 Å². The standard InChI is InChI=1S/C23H25ClN6O3/c1-16(31)25-10-11-26-20-15-21(30-23(29-20)17-4-6-18(24)7-5-17)27-12-13-28-22(32)9-8-19-3-2-14-33-19/h2-9,14-15H,10-13H2,1H3,(H,25,31)(H,28,32)(H2,26,27,29,30). The van der Waals surface area contributed by atoms with Crippen LogP contribution in [0.5, 0.6) is 0 Å². The fraction of sp³-hybridized carbons (Fsp3) is 0.217. The van der Waals surface area contributed by atoms with Crippen LogP contribution in [0, 0.1) is 0 Å². The maximum absolute atomic E-state index is 11.9. The van der Waals surface area contributed by atoms with Gasteiger partial charge in [-0.15, -0.1) is 0 Å². The molecule has 0 atom stereocenters. The van der Waals surface area contributed by atoms with Gasteiger partial charge in [0.1, 0.15) is 17.4 Å². The van der Waals surface area contributed by atoms with Crippen molar-refractivity contribution in [1.82, 2.24) is 20.6 Å². The SMILES string of the molecule is CC(=O)NCCNc1cc(NCCNC(=O)C=Cc2ccco2)nc(-c2ccc(Cl)cc2)n1. The van der Waals surface area contributed by atoms with Crippen molar-refractivity contribution >= 4 is 41.1 Å². The first-order chi connectivity index (χ1) is 16.0. The van der Waals surface area contributed by atoms with E-state index in [0.717, 1.165) is 5.56 Å². The fourth-order valence-corrected chi connectivity index (χ4v) is 2.89. The van der Waals surface area contributed by atoms with Crippen LogP contribution < -0.4 is 21.3 Å². The zero-order valence-electron chi connectivity index (χ0n) is 18.1. The van der Waals surface area contributed by atoms with Crippen LogP contribution in [-0.4, -0.2) is 48.0 Å². The minimum Gasteiger partial charge on any atom is -0.465 e. The highest BCUT2D eigenvalue weighted by Gasteiger charge is 2.08. The van der Waals surface area contributed by atoms with Crippen LogP contribution in [0.3, 0.4) is 0 Å². The van der Waals surface area contributed by atoms with Crippen LogP contribution in [-0.2, 0) is 9.59 Å². The highest BCUT2D eigenvalue weighted by Crippen LogP contribution is 2.22. The number of carbonyl (C=O) groups is 2. The minimum atomic E-state index is -0.224. The molecule has 0 aliphatic carbocycles. The minimum absolute atomic E-state index is 0.0928. The van der Waals surface area contributed by atoms with Crippen molar-refractivity contribution in [2.45, 2.75) is 6.92 Å². The number of halogens is 1. The fourth-order valence-electron chi connectivity index (χ4n) is 2.76. The molecule has 3 aromatic rings. The molecular formula is C23H25ClN6O3. The van der Waals surface area contributed by atoms with E-state index in [4.69, 9.17) is 16.0 Å². The van der Waals surface area contributed by atoms with Gasteiger partial charge in [-0.1, -0.05) is 11.6 Å². The zero-order valence-corrected chi connectivity index (χ0v) is 18.9.